The normalized spacial score (nSPS) is 26.7. The van der Waals surface area contributed by atoms with Crippen LogP contribution < -0.4 is 4.74 Å². The molecule has 0 bridgehead atoms. The monoisotopic (exact) mass is 452 g/mol. The van der Waals surface area contributed by atoms with Gasteiger partial charge >= 0.3 is 6.11 Å². The zero-order chi connectivity index (χ0) is 22.9. The second-order valence-electron chi connectivity index (χ2n) is 9.59. The van der Waals surface area contributed by atoms with Crippen molar-refractivity contribution in [1.82, 2.24) is 0 Å². The molecule has 1 nitrogen and oxygen atoms in total. The minimum atomic E-state index is -4.06. The molecule has 0 aromatic heterocycles. The Morgan fingerprint density at radius 1 is 0.750 bits per heavy atom. The van der Waals surface area contributed by atoms with Gasteiger partial charge in [0.05, 0.1) is 5.56 Å². The molecule has 0 radical (unpaired) electrons. The molecule has 0 unspecified atom stereocenters. The van der Waals surface area contributed by atoms with Crippen molar-refractivity contribution in [2.75, 3.05) is 0 Å². The summed E-state index contributed by atoms with van der Waals surface area (Å²) in [5, 5.41) is 0. The van der Waals surface area contributed by atoms with E-state index in [4.69, 9.17) is 0 Å². The number of hydrogen-bond acceptors (Lipinski definition) is 1. The van der Waals surface area contributed by atoms with E-state index < -0.39 is 34.9 Å². The van der Waals surface area contributed by atoms with Gasteiger partial charge in [-0.3, -0.25) is 0 Å². The van der Waals surface area contributed by atoms with Crippen LogP contribution in [0.3, 0.4) is 0 Å². The maximum Gasteiger partial charge on any atom is 0.429 e. The standard InChI is InChI=1S/C26H29F5O/c1-16-2-4-17(5-3-16)18-6-8-19(9-7-18)20-10-11-24(25(29)12-20)26(30,31)32-23-14-21(27)13-22(28)15-23/h10-19H,2-9H2,1H3. The summed E-state index contributed by atoms with van der Waals surface area (Å²) in [6.45, 7) is 2.32. The van der Waals surface area contributed by atoms with Crippen LogP contribution >= 0.6 is 0 Å². The molecule has 2 fully saturated rings. The largest absolute Gasteiger partial charge is 0.429 e. The fraction of sp³-hybridized carbons (Fsp3) is 0.538. The number of ether oxygens (including phenoxy) is 1. The van der Waals surface area contributed by atoms with Gasteiger partial charge in [0.15, 0.2) is 0 Å². The average molecular weight is 453 g/mol. The first-order valence-corrected chi connectivity index (χ1v) is 11.5. The second-order valence-corrected chi connectivity index (χ2v) is 9.59. The van der Waals surface area contributed by atoms with E-state index in [0.29, 0.717) is 24.1 Å². The third-order valence-electron chi connectivity index (χ3n) is 7.36. The molecule has 6 heteroatoms. The smallest absolute Gasteiger partial charge is 0.429 e. The molecule has 32 heavy (non-hydrogen) atoms. The zero-order valence-electron chi connectivity index (χ0n) is 18.2. The van der Waals surface area contributed by atoms with Gasteiger partial charge in [0.25, 0.3) is 0 Å². The van der Waals surface area contributed by atoms with Crippen molar-refractivity contribution in [3.05, 3.63) is 65.0 Å². The fourth-order valence-corrected chi connectivity index (χ4v) is 5.49. The van der Waals surface area contributed by atoms with E-state index in [-0.39, 0.29) is 5.92 Å². The fourth-order valence-electron chi connectivity index (χ4n) is 5.49. The van der Waals surface area contributed by atoms with Gasteiger partial charge in [0, 0.05) is 18.2 Å². The zero-order valence-corrected chi connectivity index (χ0v) is 18.2. The van der Waals surface area contributed by atoms with Crippen LogP contribution in [0.4, 0.5) is 22.0 Å². The van der Waals surface area contributed by atoms with E-state index in [9.17, 15) is 22.0 Å². The molecule has 2 aromatic carbocycles. The van der Waals surface area contributed by atoms with Gasteiger partial charge in [-0.15, -0.1) is 0 Å². The predicted molar refractivity (Wildman–Crippen MR) is 113 cm³/mol. The summed E-state index contributed by atoms with van der Waals surface area (Å²) in [5.41, 5.74) is -0.231. The third-order valence-corrected chi connectivity index (χ3v) is 7.36. The number of hydrogen-bond donors (Lipinski definition) is 0. The van der Waals surface area contributed by atoms with Crippen LogP contribution in [0.1, 0.15) is 75.3 Å². The predicted octanol–water partition coefficient (Wildman–Crippen LogP) is 8.33. The lowest BCUT2D eigenvalue weighted by atomic mass is 9.68. The van der Waals surface area contributed by atoms with E-state index in [1.807, 2.05) is 0 Å². The highest BCUT2D eigenvalue weighted by molar-refractivity contribution is 5.31. The lowest BCUT2D eigenvalue weighted by molar-refractivity contribution is -0.187. The van der Waals surface area contributed by atoms with Crippen LogP contribution in [0.5, 0.6) is 5.75 Å². The molecule has 0 amide bonds. The van der Waals surface area contributed by atoms with Crippen molar-refractivity contribution in [3.63, 3.8) is 0 Å². The van der Waals surface area contributed by atoms with Crippen LogP contribution in [-0.2, 0) is 6.11 Å². The lowest BCUT2D eigenvalue weighted by Gasteiger charge is -2.37. The SMILES string of the molecule is CC1CCC(C2CCC(c3ccc(C(F)(F)Oc4cc(F)cc(F)c4)c(F)c3)CC2)CC1. The highest BCUT2D eigenvalue weighted by atomic mass is 19.3. The first-order valence-electron chi connectivity index (χ1n) is 11.5. The number of benzene rings is 2. The Morgan fingerprint density at radius 3 is 1.88 bits per heavy atom. The quantitative estimate of drug-likeness (QED) is 0.414. The molecular weight excluding hydrogens is 423 g/mol. The van der Waals surface area contributed by atoms with Crippen molar-refractivity contribution in [2.24, 2.45) is 17.8 Å². The summed E-state index contributed by atoms with van der Waals surface area (Å²) in [4.78, 5) is 0. The molecule has 2 aliphatic carbocycles. The van der Waals surface area contributed by atoms with Gasteiger partial charge < -0.3 is 4.74 Å². The number of rotatable bonds is 5. The van der Waals surface area contributed by atoms with Gasteiger partial charge in [-0.1, -0.05) is 25.8 Å². The van der Waals surface area contributed by atoms with Crippen molar-refractivity contribution < 1.29 is 26.7 Å². The lowest BCUT2D eigenvalue weighted by Crippen LogP contribution is -2.25. The van der Waals surface area contributed by atoms with E-state index in [1.54, 1.807) is 0 Å². The minimum absolute atomic E-state index is 0.157. The molecular formula is C26H29F5O. The van der Waals surface area contributed by atoms with Crippen LogP contribution in [-0.4, -0.2) is 0 Å². The van der Waals surface area contributed by atoms with E-state index in [2.05, 4.69) is 11.7 Å². The number of alkyl halides is 2. The Balaban J connectivity index is 1.41. The Hall–Kier alpha value is -2.11. The Kier molecular flexibility index (Phi) is 6.78. The summed E-state index contributed by atoms with van der Waals surface area (Å²) in [5.74, 6) is -1.40. The average Bonchev–Trinajstić information content (AvgIpc) is 2.73. The van der Waals surface area contributed by atoms with E-state index in [1.165, 1.54) is 31.7 Å². The summed E-state index contributed by atoms with van der Waals surface area (Å²) in [6.07, 6.45) is 5.20. The molecule has 2 aliphatic rings. The number of halogens is 5. The first-order chi connectivity index (χ1) is 15.2. The summed E-state index contributed by atoms with van der Waals surface area (Å²) in [7, 11) is 0. The molecule has 0 saturated heterocycles. The maximum absolute atomic E-state index is 14.7. The van der Waals surface area contributed by atoms with E-state index in [0.717, 1.165) is 55.2 Å². The second kappa shape index (κ2) is 9.40. The Morgan fingerprint density at radius 2 is 1.31 bits per heavy atom. The minimum Gasteiger partial charge on any atom is -0.429 e. The molecule has 0 atom stereocenters. The van der Waals surface area contributed by atoms with Crippen LogP contribution in [0.15, 0.2) is 36.4 Å². The summed E-state index contributed by atoms with van der Waals surface area (Å²) >= 11 is 0. The van der Waals surface area contributed by atoms with Gasteiger partial charge in [-0.25, -0.2) is 13.2 Å². The highest BCUT2D eigenvalue weighted by Gasteiger charge is 2.38. The molecule has 0 N–H and O–H groups in total. The maximum atomic E-state index is 14.7. The van der Waals surface area contributed by atoms with Crippen LogP contribution in [0.2, 0.25) is 0 Å². The molecule has 2 aromatic rings. The molecule has 2 saturated carbocycles. The van der Waals surface area contributed by atoms with Gasteiger partial charge in [-0.2, -0.15) is 8.78 Å². The third kappa shape index (κ3) is 5.26. The summed E-state index contributed by atoms with van der Waals surface area (Å²) < 4.78 is 74.7. The van der Waals surface area contributed by atoms with Crippen molar-refractivity contribution in [2.45, 2.75) is 70.3 Å². The Bertz CT molecular complexity index is 908. The molecule has 0 heterocycles. The van der Waals surface area contributed by atoms with Crippen LogP contribution in [0.25, 0.3) is 0 Å². The van der Waals surface area contributed by atoms with Crippen molar-refractivity contribution >= 4 is 0 Å². The molecule has 0 spiro atoms. The van der Waals surface area contributed by atoms with Crippen molar-refractivity contribution in [3.8, 4) is 5.75 Å². The molecule has 4 rings (SSSR count). The van der Waals surface area contributed by atoms with Crippen molar-refractivity contribution in [1.29, 1.82) is 0 Å². The topological polar surface area (TPSA) is 9.23 Å². The van der Waals surface area contributed by atoms with E-state index >= 15 is 0 Å². The molecule has 0 aliphatic heterocycles. The first kappa shape index (κ1) is 23.1. The Labute approximate surface area is 186 Å². The highest BCUT2D eigenvalue weighted by Crippen LogP contribution is 2.44. The van der Waals surface area contributed by atoms with Gasteiger partial charge in [-0.05, 0) is 79.9 Å². The van der Waals surface area contributed by atoms with Gasteiger partial charge in [0.1, 0.15) is 23.2 Å². The van der Waals surface area contributed by atoms with Crippen LogP contribution in [0, 0.1) is 35.2 Å². The summed E-state index contributed by atoms with van der Waals surface area (Å²) in [6, 6.07) is 5.52. The molecule has 174 valence electrons. The van der Waals surface area contributed by atoms with Gasteiger partial charge in [0.2, 0.25) is 0 Å².